The number of hydrogen-bond acceptors (Lipinski definition) is 4. The van der Waals surface area contributed by atoms with Crippen LogP contribution in [0.4, 0.5) is 0 Å². The van der Waals surface area contributed by atoms with E-state index in [1.807, 2.05) is 0 Å². The normalized spacial score (nSPS) is 12.7. The van der Waals surface area contributed by atoms with Gasteiger partial charge in [-0.2, -0.15) is 0 Å². The molecule has 0 aliphatic rings. The van der Waals surface area contributed by atoms with Gasteiger partial charge in [0.05, 0.1) is 0 Å². The third-order valence-corrected chi connectivity index (χ3v) is 65.1. The summed E-state index contributed by atoms with van der Waals surface area (Å²) in [7, 11) is 0. The molecule has 6 aromatic carbocycles. The Balaban J connectivity index is 1.50. The molecular formula is C37H37P3S4Se2. The summed E-state index contributed by atoms with van der Waals surface area (Å²) in [5.41, 5.74) is 0. The molecule has 0 heterocycles. The molecule has 46 heavy (non-hydrogen) atoms. The Hall–Kier alpha value is -0.951. The van der Waals surface area contributed by atoms with E-state index < -0.39 is 18.0 Å². The summed E-state index contributed by atoms with van der Waals surface area (Å²) < 4.78 is 3.16. The Morgan fingerprint density at radius 1 is 0.326 bits per heavy atom. The molecule has 0 N–H and O–H groups in total. The summed E-state index contributed by atoms with van der Waals surface area (Å²) in [5, 5.41) is -0.520. The standard InChI is InChI=1S/C37H37P3S4Se2/c1-7-19-31(20-8-1)41-38(42-32-21-9-2-10-22-32)37(39(43-33-23-11-3-12-24-33)44-34-25-13-4-14-26-34)40(45-35-27-15-5-16-28-35)46-36-29-17-6-18-30-36/h1-30,37H,38-40H2. The van der Waals surface area contributed by atoms with E-state index in [9.17, 15) is 0 Å². The molecule has 0 nitrogen and oxygen atoms in total. The molecule has 6 aromatic rings. The number of hydrogen-bond donors (Lipinski definition) is 0. The van der Waals surface area contributed by atoms with Crippen LogP contribution in [0.1, 0.15) is 0 Å². The summed E-state index contributed by atoms with van der Waals surface area (Å²) in [6, 6.07) is 68.2. The van der Waals surface area contributed by atoms with Crippen molar-refractivity contribution in [3.63, 3.8) is 0 Å². The SMILES string of the molecule is c1ccc(S[PH2](Sc2ccccc2)C([PH2](Sc2ccccc2)Sc2ccccc2)[PH2]([Se]c2ccccc2)[Se]c2ccccc2)cc1. The molecule has 0 saturated heterocycles. The van der Waals surface area contributed by atoms with Crippen LogP contribution < -0.4 is 8.92 Å². The van der Waals surface area contributed by atoms with E-state index in [4.69, 9.17) is 0 Å². The molecule has 0 atom stereocenters. The van der Waals surface area contributed by atoms with Crippen molar-refractivity contribution in [3.05, 3.63) is 182 Å². The first kappa shape index (κ1) is 34.9. The van der Waals surface area contributed by atoms with Crippen molar-refractivity contribution in [3.8, 4) is 0 Å². The van der Waals surface area contributed by atoms with Crippen molar-refractivity contribution in [2.45, 2.75) is 24.7 Å². The van der Waals surface area contributed by atoms with Crippen molar-refractivity contribution in [1.29, 1.82) is 0 Å². The van der Waals surface area contributed by atoms with Gasteiger partial charge in [0.15, 0.2) is 0 Å². The summed E-state index contributed by atoms with van der Waals surface area (Å²) >= 11 is 10.00. The average Bonchev–Trinajstić information content (AvgIpc) is 3.11. The Morgan fingerprint density at radius 3 is 0.826 bits per heavy atom. The molecule has 236 valence electrons. The van der Waals surface area contributed by atoms with Gasteiger partial charge in [0.25, 0.3) is 0 Å². The van der Waals surface area contributed by atoms with Gasteiger partial charge < -0.3 is 0 Å². The van der Waals surface area contributed by atoms with E-state index in [1.165, 1.54) is 19.6 Å². The van der Waals surface area contributed by atoms with E-state index >= 15 is 0 Å². The van der Waals surface area contributed by atoms with Gasteiger partial charge >= 0.3 is 308 Å². The van der Waals surface area contributed by atoms with Crippen LogP contribution >= 0.6 is 63.5 Å². The van der Waals surface area contributed by atoms with Gasteiger partial charge in [-0.15, -0.1) is 0 Å². The number of rotatable bonds is 15. The Bertz CT molecular complexity index is 1380. The van der Waals surface area contributed by atoms with Gasteiger partial charge in [0, 0.05) is 0 Å². The molecule has 0 aliphatic heterocycles. The predicted octanol–water partition coefficient (Wildman–Crippen LogP) is 10.8. The summed E-state index contributed by atoms with van der Waals surface area (Å²) in [6.45, 7) is 0. The fourth-order valence-electron chi connectivity index (χ4n) is 4.73. The molecule has 9 heteroatoms. The third-order valence-electron chi connectivity index (χ3n) is 6.92. The molecule has 0 bridgehead atoms. The van der Waals surface area contributed by atoms with Crippen molar-refractivity contribution >= 4 is 101 Å². The summed E-state index contributed by atoms with van der Waals surface area (Å²) in [6.07, 6.45) is -3.07. The molecule has 0 spiro atoms. The first-order valence-electron chi connectivity index (χ1n) is 15.1. The fraction of sp³-hybridized carbons (Fsp3) is 0.0270. The van der Waals surface area contributed by atoms with E-state index in [0.717, 1.165) is 5.14 Å². The van der Waals surface area contributed by atoms with Gasteiger partial charge in [-0.3, -0.25) is 0 Å². The van der Waals surface area contributed by atoms with Crippen LogP contribution in [-0.2, 0) is 0 Å². The summed E-state index contributed by atoms with van der Waals surface area (Å²) in [4.78, 5) is 5.73. The molecule has 0 fully saturated rings. The van der Waals surface area contributed by atoms with Crippen molar-refractivity contribution in [1.82, 2.24) is 0 Å². The Labute approximate surface area is 305 Å². The quantitative estimate of drug-likeness (QED) is 0.0745. The van der Waals surface area contributed by atoms with Crippen LogP contribution in [0.5, 0.6) is 0 Å². The molecule has 0 saturated carbocycles. The van der Waals surface area contributed by atoms with E-state index in [-0.39, 0.29) is 0 Å². The average molecular weight is 861 g/mol. The third kappa shape index (κ3) is 11.0. The molecule has 0 aromatic heterocycles. The first-order valence-corrected chi connectivity index (χ1v) is 34.9. The van der Waals surface area contributed by atoms with E-state index in [2.05, 4.69) is 228 Å². The van der Waals surface area contributed by atoms with Crippen molar-refractivity contribution in [2.75, 3.05) is 0 Å². The Kier molecular flexibility index (Phi) is 14.6. The van der Waals surface area contributed by atoms with Crippen LogP contribution in [-0.4, -0.2) is 34.2 Å². The zero-order chi connectivity index (χ0) is 31.2. The molecule has 0 aliphatic carbocycles. The first-order chi connectivity index (χ1) is 22.8. The fourth-order valence-corrected chi connectivity index (χ4v) is 94.8. The second-order valence-electron chi connectivity index (χ2n) is 10.3. The van der Waals surface area contributed by atoms with Crippen LogP contribution in [0.15, 0.2) is 202 Å². The zero-order valence-corrected chi connectivity index (χ0v) is 35.2. The molecular weight excluding hydrogens is 824 g/mol. The maximum atomic E-state index is 2.41. The number of benzene rings is 6. The van der Waals surface area contributed by atoms with Crippen molar-refractivity contribution < 1.29 is 0 Å². The predicted molar refractivity (Wildman–Crippen MR) is 226 cm³/mol. The second-order valence-corrected chi connectivity index (χ2v) is 47.0. The molecule has 0 unspecified atom stereocenters. The van der Waals surface area contributed by atoms with Crippen LogP contribution in [0.3, 0.4) is 0 Å². The topological polar surface area (TPSA) is 0 Å². The van der Waals surface area contributed by atoms with E-state index in [0.29, 0.717) is 29.0 Å². The van der Waals surface area contributed by atoms with Gasteiger partial charge in [0.2, 0.25) is 0 Å². The van der Waals surface area contributed by atoms with Gasteiger partial charge in [-0.05, 0) is 0 Å². The van der Waals surface area contributed by atoms with Crippen LogP contribution in [0, 0.1) is 0 Å². The van der Waals surface area contributed by atoms with E-state index in [1.54, 1.807) is 8.92 Å². The van der Waals surface area contributed by atoms with Gasteiger partial charge in [-0.25, -0.2) is 0 Å². The monoisotopic (exact) mass is 862 g/mol. The maximum absolute atomic E-state index is 2.41. The van der Waals surface area contributed by atoms with Gasteiger partial charge in [-0.1, -0.05) is 0 Å². The molecule has 0 amide bonds. The minimum absolute atomic E-state index is 0.487. The van der Waals surface area contributed by atoms with Gasteiger partial charge in [0.1, 0.15) is 0 Å². The Morgan fingerprint density at radius 2 is 0.565 bits per heavy atom. The van der Waals surface area contributed by atoms with Crippen LogP contribution in [0.25, 0.3) is 0 Å². The summed E-state index contributed by atoms with van der Waals surface area (Å²) in [5.74, 6) is 0. The second kappa shape index (κ2) is 19.3. The van der Waals surface area contributed by atoms with Crippen LogP contribution in [0.2, 0.25) is 0 Å². The zero-order valence-electron chi connectivity index (χ0n) is 25.1. The molecule has 6 rings (SSSR count). The van der Waals surface area contributed by atoms with Crippen molar-refractivity contribution in [2.24, 2.45) is 0 Å². The molecule has 0 radical (unpaired) electrons. The minimum atomic E-state index is -1.54.